The standard InChI is InChI=1S/C55H40N2/c1-3-5-16-38(4-2)41-19-15-20-45(35-41)57-53-26-14-12-24-49(53)51-37-43(30-34-55(51)57)42-29-33-54-50(36-42)48-23-11-13-25-52(48)56(54)44-31-27-40(28-32-44)47-22-10-9-21-46(47)39-17-7-6-8-18-39/h3-37H,2H2,1H3/b5-3-,38-16+. The maximum Gasteiger partial charge on any atom is 0.0541 e. The highest BCUT2D eigenvalue weighted by molar-refractivity contribution is 6.12. The van der Waals surface area contributed by atoms with E-state index in [4.69, 9.17) is 0 Å². The van der Waals surface area contributed by atoms with Crippen LogP contribution < -0.4 is 0 Å². The maximum absolute atomic E-state index is 4.09. The minimum Gasteiger partial charge on any atom is -0.309 e. The number of rotatable bonds is 8. The lowest BCUT2D eigenvalue weighted by Gasteiger charge is -2.13. The third kappa shape index (κ3) is 5.91. The fourth-order valence-corrected chi connectivity index (χ4v) is 8.56. The van der Waals surface area contributed by atoms with Gasteiger partial charge in [0.15, 0.2) is 0 Å². The number of allylic oxidation sites excluding steroid dienone is 5. The number of aromatic nitrogens is 2. The molecular formula is C55H40N2. The Bertz CT molecular complexity index is 3190. The second kappa shape index (κ2) is 14.3. The van der Waals surface area contributed by atoms with Crippen molar-refractivity contribution in [3.63, 3.8) is 0 Å². The van der Waals surface area contributed by atoms with Gasteiger partial charge in [-0.25, -0.2) is 0 Å². The van der Waals surface area contributed by atoms with E-state index in [1.54, 1.807) is 0 Å². The van der Waals surface area contributed by atoms with Crippen molar-refractivity contribution in [2.24, 2.45) is 0 Å². The first kappa shape index (κ1) is 34.1. The number of hydrogen-bond acceptors (Lipinski definition) is 0. The Balaban J connectivity index is 1.06. The molecule has 10 aromatic rings. The van der Waals surface area contributed by atoms with Crippen LogP contribution in [-0.2, 0) is 0 Å². The van der Waals surface area contributed by atoms with Crippen molar-refractivity contribution in [2.45, 2.75) is 6.92 Å². The van der Waals surface area contributed by atoms with Gasteiger partial charge in [-0.05, 0) is 112 Å². The quantitative estimate of drug-likeness (QED) is 0.138. The van der Waals surface area contributed by atoms with Crippen molar-refractivity contribution in [3.05, 3.63) is 225 Å². The SMILES string of the molecule is C=C/C(=C\C=C/C)c1cccc(-n2c3ccccc3c3cc(-c4ccc5c(c4)c4ccccc4n5-c4ccc(-c5ccccc5-c5ccccc5)cc4)ccc32)c1. The Morgan fingerprint density at radius 2 is 0.930 bits per heavy atom. The van der Waals surface area contributed by atoms with E-state index in [9.17, 15) is 0 Å². The van der Waals surface area contributed by atoms with Crippen molar-refractivity contribution in [3.8, 4) is 44.8 Å². The molecule has 0 saturated carbocycles. The molecule has 0 N–H and O–H groups in total. The molecule has 8 aromatic carbocycles. The van der Waals surface area contributed by atoms with Gasteiger partial charge in [-0.15, -0.1) is 0 Å². The van der Waals surface area contributed by atoms with Crippen LogP contribution in [0.4, 0.5) is 0 Å². The van der Waals surface area contributed by atoms with Gasteiger partial charge in [-0.2, -0.15) is 0 Å². The summed E-state index contributed by atoms with van der Waals surface area (Å²) in [4.78, 5) is 0. The van der Waals surface area contributed by atoms with E-state index >= 15 is 0 Å². The average Bonchev–Trinajstić information content (AvgIpc) is 3.79. The van der Waals surface area contributed by atoms with E-state index in [0.717, 1.165) is 22.5 Å². The molecule has 0 atom stereocenters. The van der Waals surface area contributed by atoms with Crippen molar-refractivity contribution >= 4 is 49.2 Å². The molecule has 270 valence electrons. The van der Waals surface area contributed by atoms with Crippen LogP contribution in [0.2, 0.25) is 0 Å². The van der Waals surface area contributed by atoms with E-state index in [1.807, 2.05) is 19.1 Å². The summed E-state index contributed by atoms with van der Waals surface area (Å²) in [5.74, 6) is 0. The lowest BCUT2D eigenvalue weighted by Crippen LogP contribution is -1.95. The van der Waals surface area contributed by atoms with Crippen LogP contribution in [0.25, 0.3) is 93.9 Å². The van der Waals surface area contributed by atoms with Gasteiger partial charge in [0.25, 0.3) is 0 Å². The average molecular weight is 729 g/mol. The predicted molar refractivity (Wildman–Crippen MR) is 244 cm³/mol. The van der Waals surface area contributed by atoms with Crippen LogP contribution in [0.15, 0.2) is 219 Å². The number of hydrogen-bond donors (Lipinski definition) is 0. The van der Waals surface area contributed by atoms with Crippen LogP contribution in [0, 0.1) is 0 Å². The third-order valence-corrected chi connectivity index (χ3v) is 11.3. The number of fused-ring (bicyclic) bond motifs is 6. The molecule has 0 amide bonds. The van der Waals surface area contributed by atoms with Gasteiger partial charge in [0.1, 0.15) is 0 Å². The Morgan fingerprint density at radius 3 is 1.53 bits per heavy atom. The Labute approximate surface area is 333 Å². The minimum atomic E-state index is 1.09. The number of nitrogens with zero attached hydrogens (tertiary/aromatic N) is 2. The lowest BCUT2D eigenvalue weighted by molar-refractivity contribution is 1.18. The summed E-state index contributed by atoms with van der Waals surface area (Å²) in [7, 11) is 0. The summed E-state index contributed by atoms with van der Waals surface area (Å²) in [6.07, 6.45) is 8.14. The molecule has 2 aromatic heterocycles. The first-order chi connectivity index (χ1) is 28.2. The summed E-state index contributed by atoms with van der Waals surface area (Å²) in [5, 5.41) is 4.96. The van der Waals surface area contributed by atoms with Crippen LogP contribution in [-0.4, -0.2) is 9.13 Å². The number of benzene rings is 8. The molecule has 0 saturated heterocycles. The Hall–Kier alpha value is -7.42. The highest BCUT2D eigenvalue weighted by Crippen LogP contribution is 2.39. The molecular weight excluding hydrogens is 689 g/mol. The smallest absolute Gasteiger partial charge is 0.0541 e. The van der Waals surface area contributed by atoms with Crippen LogP contribution >= 0.6 is 0 Å². The molecule has 2 heteroatoms. The maximum atomic E-state index is 4.09. The normalized spacial score (nSPS) is 12.1. The molecule has 0 fully saturated rings. The largest absolute Gasteiger partial charge is 0.309 e. The summed E-state index contributed by atoms with van der Waals surface area (Å²) in [6.45, 7) is 6.12. The predicted octanol–water partition coefficient (Wildman–Crippen LogP) is 15.0. The van der Waals surface area contributed by atoms with E-state index in [1.165, 1.54) is 77.0 Å². The fraction of sp³-hybridized carbons (Fsp3) is 0.0182. The molecule has 0 spiro atoms. The van der Waals surface area contributed by atoms with Gasteiger partial charge < -0.3 is 9.13 Å². The molecule has 0 aliphatic carbocycles. The Morgan fingerprint density at radius 1 is 0.421 bits per heavy atom. The highest BCUT2D eigenvalue weighted by atomic mass is 15.0. The first-order valence-electron chi connectivity index (χ1n) is 19.6. The number of para-hydroxylation sites is 2. The zero-order valence-corrected chi connectivity index (χ0v) is 31.8. The first-order valence-corrected chi connectivity index (χ1v) is 19.6. The van der Waals surface area contributed by atoms with Crippen LogP contribution in [0.3, 0.4) is 0 Å². The van der Waals surface area contributed by atoms with Crippen molar-refractivity contribution in [1.82, 2.24) is 9.13 Å². The molecule has 2 heterocycles. The summed E-state index contributed by atoms with van der Waals surface area (Å²) in [6, 6.07) is 68.4. The molecule has 0 aliphatic heterocycles. The van der Waals surface area contributed by atoms with Crippen molar-refractivity contribution in [1.29, 1.82) is 0 Å². The molecule has 10 rings (SSSR count). The van der Waals surface area contributed by atoms with Crippen LogP contribution in [0.1, 0.15) is 12.5 Å². The molecule has 2 nitrogen and oxygen atoms in total. The van der Waals surface area contributed by atoms with Gasteiger partial charge in [0.05, 0.1) is 22.1 Å². The second-order valence-electron chi connectivity index (χ2n) is 14.5. The minimum absolute atomic E-state index is 1.09. The van der Waals surface area contributed by atoms with Gasteiger partial charge >= 0.3 is 0 Å². The van der Waals surface area contributed by atoms with Gasteiger partial charge in [-0.3, -0.25) is 0 Å². The van der Waals surface area contributed by atoms with E-state index < -0.39 is 0 Å². The molecule has 0 unspecified atom stereocenters. The zero-order chi connectivity index (χ0) is 38.3. The van der Waals surface area contributed by atoms with Gasteiger partial charge in [-0.1, -0.05) is 158 Å². The second-order valence-corrected chi connectivity index (χ2v) is 14.5. The summed E-state index contributed by atoms with van der Waals surface area (Å²) < 4.78 is 4.79. The Kier molecular flexibility index (Phi) is 8.58. The molecule has 0 radical (unpaired) electrons. The topological polar surface area (TPSA) is 9.86 Å². The monoisotopic (exact) mass is 728 g/mol. The van der Waals surface area contributed by atoms with Gasteiger partial charge in [0, 0.05) is 32.9 Å². The highest BCUT2D eigenvalue weighted by Gasteiger charge is 2.17. The van der Waals surface area contributed by atoms with Crippen molar-refractivity contribution in [2.75, 3.05) is 0 Å². The summed E-state index contributed by atoms with van der Waals surface area (Å²) in [5.41, 5.74) is 16.6. The molecule has 57 heavy (non-hydrogen) atoms. The zero-order valence-electron chi connectivity index (χ0n) is 31.8. The lowest BCUT2D eigenvalue weighted by atomic mass is 9.94. The van der Waals surface area contributed by atoms with E-state index in [2.05, 4.69) is 216 Å². The fourth-order valence-electron chi connectivity index (χ4n) is 8.56. The summed E-state index contributed by atoms with van der Waals surface area (Å²) >= 11 is 0. The van der Waals surface area contributed by atoms with E-state index in [-0.39, 0.29) is 0 Å². The van der Waals surface area contributed by atoms with E-state index in [0.29, 0.717) is 0 Å². The van der Waals surface area contributed by atoms with Gasteiger partial charge in [0.2, 0.25) is 0 Å². The van der Waals surface area contributed by atoms with Crippen LogP contribution in [0.5, 0.6) is 0 Å². The molecule has 0 bridgehead atoms. The van der Waals surface area contributed by atoms with Crippen molar-refractivity contribution < 1.29 is 0 Å². The molecule has 0 aliphatic rings. The third-order valence-electron chi connectivity index (χ3n) is 11.3.